The van der Waals surface area contributed by atoms with Crippen LogP contribution >= 0.6 is 0 Å². The molecule has 1 N–H and O–H groups in total. The van der Waals surface area contributed by atoms with Crippen LogP contribution in [0, 0.1) is 0 Å². The summed E-state index contributed by atoms with van der Waals surface area (Å²) in [5.74, 6) is -0.989. The lowest BCUT2D eigenvalue weighted by Crippen LogP contribution is -2.15. The molecule has 10 heteroatoms. The largest absolute Gasteiger partial charge is 0.480 e. The van der Waals surface area contributed by atoms with Crippen LogP contribution < -0.4 is 0 Å². The summed E-state index contributed by atoms with van der Waals surface area (Å²) in [7, 11) is 0. The molecule has 0 aliphatic heterocycles. The van der Waals surface area contributed by atoms with Gasteiger partial charge in [-0.15, -0.1) is 0 Å². The van der Waals surface area contributed by atoms with Gasteiger partial charge >= 0.3 is 5.97 Å². The van der Waals surface area contributed by atoms with Crippen molar-refractivity contribution in [2.24, 2.45) is 0 Å². The quantitative estimate of drug-likeness (QED) is 0.220. The molecule has 0 fully saturated rings. The average Bonchev–Trinajstić information content (AvgIpc) is 2.68. The van der Waals surface area contributed by atoms with Gasteiger partial charge in [-0.3, -0.25) is 0 Å². The predicted molar refractivity (Wildman–Crippen MR) is 104 cm³/mol. The third-order valence-corrected chi connectivity index (χ3v) is 3.14. The van der Waals surface area contributed by atoms with Gasteiger partial charge in [0.25, 0.3) is 0 Å². The Balaban J connectivity index is 3.01. The Morgan fingerprint density at radius 3 is 1.10 bits per heavy atom. The molecule has 0 aliphatic carbocycles. The number of hydrogen-bond acceptors (Lipinski definition) is 9. The second kappa shape index (κ2) is 23.4. The fourth-order valence-corrected chi connectivity index (χ4v) is 1.82. The average molecular weight is 427 g/mol. The SMILES string of the molecule is CC(C)OCCOCCOCCOCCOCCOCCOCCOCC(=O)O. The fraction of sp³-hybridized carbons (Fsp3) is 0.947. The van der Waals surface area contributed by atoms with Crippen LogP contribution in [0.1, 0.15) is 13.8 Å². The predicted octanol–water partition coefficient (Wildman–Crippen LogP) is 0.612. The van der Waals surface area contributed by atoms with Crippen LogP contribution in [0.4, 0.5) is 0 Å². The van der Waals surface area contributed by atoms with Crippen molar-refractivity contribution in [2.45, 2.75) is 20.0 Å². The van der Waals surface area contributed by atoms with Crippen molar-refractivity contribution >= 4 is 5.97 Å². The molecule has 0 amide bonds. The molecule has 0 saturated carbocycles. The lowest BCUT2D eigenvalue weighted by molar-refractivity contribution is -0.142. The lowest BCUT2D eigenvalue weighted by atomic mass is 10.5. The van der Waals surface area contributed by atoms with E-state index in [2.05, 4.69) is 0 Å². The Morgan fingerprint density at radius 2 is 0.828 bits per heavy atom. The molecule has 29 heavy (non-hydrogen) atoms. The first-order valence-electron chi connectivity index (χ1n) is 10.0. The molecular weight excluding hydrogens is 388 g/mol. The van der Waals surface area contributed by atoms with E-state index in [1.165, 1.54) is 0 Å². The highest BCUT2D eigenvalue weighted by atomic mass is 16.6. The summed E-state index contributed by atoms with van der Waals surface area (Å²) in [6, 6.07) is 0. The van der Waals surface area contributed by atoms with E-state index in [1.807, 2.05) is 13.8 Å². The maximum absolute atomic E-state index is 10.2. The molecule has 0 unspecified atom stereocenters. The summed E-state index contributed by atoms with van der Waals surface area (Å²) in [5, 5.41) is 8.37. The first kappa shape index (κ1) is 28.1. The van der Waals surface area contributed by atoms with Gasteiger partial charge in [-0.1, -0.05) is 0 Å². The maximum Gasteiger partial charge on any atom is 0.329 e. The monoisotopic (exact) mass is 426 g/mol. The van der Waals surface area contributed by atoms with Crippen LogP contribution in [0.15, 0.2) is 0 Å². The minimum Gasteiger partial charge on any atom is -0.480 e. The Hall–Kier alpha value is -0.850. The maximum atomic E-state index is 10.2. The first-order chi connectivity index (χ1) is 14.1. The molecule has 0 saturated heterocycles. The van der Waals surface area contributed by atoms with Crippen LogP contribution in [0.2, 0.25) is 0 Å². The normalized spacial score (nSPS) is 11.4. The van der Waals surface area contributed by atoms with Gasteiger partial charge < -0.3 is 43.0 Å². The number of aliphatic carboxylic acids is 1. The molecule has 0 rings (SSSR count). The molecule has 0 aromatic rings. The van der Waals surface area contributed by atoms with Gasteiger partial charge in [0.15, 0.2) is 0 Å². The van der Waals surface area contributed by atoms with E-state index < -0.39 is 5.97 Å². The van der Waals surface area contributed by atoms with E-state index in [9.17, 15) is 4.79 Å². The minimum atomic E-state index is -0.989. The number of hydrogen-bond donors (Lipinski definition) is 1. The van der Waals surface area contributed by atoms with E-state index >= 15 is 0 Å². The lowest BCUT2D eigenvalue weighted by Gasteiger charge is -2.09. The second-order valence-corrected chi connectivity index (χ2v) is 6.04. The van der Waals surface area contributed by atoms with Gasteiger partial charge in [-0.05, 0) is 13.8 Å². The highest BCUT2D eigenvalue weighted by Crippen LogP contribution is 1.88. The summed E-state index contributed by atoms with van der Waals surface area (Å²) in [6.45, 7) is 10.4. The summed E-state index contributed by atoms with van der Waals surface area (Å²) in [4.78, 5) is 10.2. The number of ether oxygens (including phenoxy) is 8. The molecule has 10 nitrogen and oxygen atoms in total. The van der Waals surface area contributed by atoms with E-state index in [1.54, 1.807) is 0 Å². The van der Waals surface area contributed by atoms with E-state index in [0.717, 1.165) is 0 Å². The zero-order valence-corrected chi connectivity index (χ0v) is 17.8. The Kier molecular flexibility index (Phi) is 22.7. The summed E-state index contributed by atoms with van der Waals surface area (Å²) in [6.07, 6.45) is 0.230. The molecule has 0 aromatic carbocycles. The van der Waals surface area contributed by atoms with Crippen molar-refractivity contribution < 1.29 is 47.8 Å². The Morgan fingerprint density at radius 1 is 0.552 bits per heavy atom. The number of rotatable bonds is 24. The molecule has 0 aliphatic rings. The van der Waals surface area contributed by atoms with Gasteiger partial charge in [-0.2, -0.15) is 0 Å². The van der Waals surface area contributed by atoms with Crippen molar-refractivity contribution in [3.05, 3.63) is 0 Å². The highest BCUT2D eigenvalue weighted by Gasteiger charge is 1.97. The summed E-state index contributed by atoms with van der Waals surface area (Å²) in [5.41, 5.74) is 0. The van der Waals surface area contributed by atoms with Gasteiger partial charge in [0.1, 0.15) is 6.61 Å². The van der Waals surface area contributed by atoms with Crippen LogP contribution in [-0.2, 0) is 42.7 Å². The van der Waals surface area contributed by atoms with Crippen LogP contribution in [0.25, 0.3) is 0 Å². The molecule has 0 spiro atoms. The van der Waals surface area contributed by atoms with Crippen LogP contribution in [0.3, 0.4) is 0 Å². The zero-order valence-electron chi connectivity index (χ0n) is 17.8. The third kappa shape index (κ3) is 27.1. The van der Waals surface area contributed by atoms with Crippen molar-refractivity contribution in [1.82, 2.24) is 0 Å². The Labute approximate surface area is 173 Å². The second-order valence-electron chi connectivity index (χ2n) is 6.04. The molecule has 0 aromatic heterocycles. The molecule has 0 radical (unpaired) electrons. The fourth-order valence-electron chi connectivity index (χ4n) is 1.82. The zero-order chi connectivity index (χ0) is 21.4. The van der Waals surface area contributed by atoms with E-state index in [-0.39, 0.29) is 19.3 Å². The van der Waals surface area contributed by atoms with Gasteiger partial charge in [0.2, 0.25) is 0 Å². The minimum absolute atomic E-state index is 0.230. The molecular formula is C19H38O10. The van der Waals surface area contributed by atoms with Crippen LogP contribution in [-0.4, -0.2) is 116 Å². The third-order valence-electron chi connectivity index (χ3n) is 3.14. The summed E-state index contributed by atoms with van der Waals surface area (Å²) >= 11 is 0. The molecule has 0 atom stereocenters. The van der Waals surface area contributed by atoms with E-state index in [0.29, 0.717) is 85.9 Å². The number of carboxylic acids is 1. The van der Waals surface area contributed by atoms with Crippen molar-refractivity contribution in [3.8, 4) is 0 Å². The standard InChI is InChI=1S/C19H38O10/c1-18(2)29-16-15-27-12-11-25-8-7-23-4-3-22-5-6-24-9-10-26-13-14-28-17-19(20)21/h18H,3-17H2,1-2H3,(H,20,21). The first-order valence-corrected chi connectivity index (χ1v) is 10.0. The van der Waals surface area contributed by atoms with Crippen molar-refractivity contribution in [3.63, 3.8) is 0 Å². The van der Waals surface area contributed by atoms with Gasteiger partial charge in [0, 0.05) is 0 Å². The number of carboxylic acid groups (broad SMARTS) is 1. The smallest absolute Gasteiger partial charge is 0.329 e. The number of carbonyl (C=O) groups is 1. The van der Waals surface area contributed by atoms with E-state index in [4.69, 9.17) is 43.0 Å². The Bertz CT molecular complexity index is 341. The molecule has 174 valence electrons. The summed E-state index contributed by atoms with van der Waals surface area (Å²) < 4.78 is 42.3. The topological polar surface area (TPSA) is 111 Å². The highest BCUT2D eigenvalue weighted by molar-refractivity contribution is 5.67. The van der Waals surface area contributed by atoms with Crippen molar-refractivity contribution in [2.75, 3.05) is 99.1 Å². The van der Waals surface area contributed by atoms with Gasteiger partial charge in [0.05, 0.1) is 98.6 Å². The van der Waals surface area contributed by atoms with Crippen molar-refractivity contribution in [1.29, 1.82) is 0 Å². The molecule has 0 bridgehead atoms. The van der Waals surface area contributed by atoms with Crippen LogP contribution in [0.5, 0.6) is 0 Å². The molecule has 0 heterocycles. The van der Waals surface area contributed by atoms with Gasteiger partial charge in [-0.25, -0.2) is 4.79 Å².